The van der Waals surface area contributed by atoms with Gasteiger partial charge in [-0.2, -0.15) is 0 Å². The molecule has 0 saturated carbocycles. The zero-order chi connectivity index (χ0) is 52.0. The maximum atomic E-state index is 10.1. The summed E-state index contributed by atoms with van der Waals surface area (Å²) in [4.78, 5) is 3.25. The molecule has 10 atom stereocenters. The second-order valence-electron chi connectivity index (χ2n) is 18.6. The molecular weight excluding hydrogens is 963 g/mol. The molecular formula is C62H65N3O11. The van der Waals surface area contributed by atoms with Crippen LogP contribution in [0.4, 0.5) is 0 Å². The molecule has 14 nitrogen and oxygen atoms in total. The van der Waals surface area contributed by atoms with Crippen LogP contribution in [0.1, 0.15) is 38.9 Å². The monoisotopic (exact) mass is 1030 g/mol. The lowest BCUT2D eigenvalue weighted by Gasteiger charge is -2.50. The van der Waals surface area contributed by atoms with Crippen molar-refractivity contribution < 1.29 is 52.1 Å². The predicted octanol–water partition coefficient (Wildman–Crippen LogP) is 11.5. The molecule has 0 radical (unpaired) electrons. The van der Waals surface area contributed by atoms with E-state index in [1.54, 1.807) is 7.11 Å². The molecule has 7 aromatic carbocycles. The molecule has 0 N–H and O–H groups in total. The van der Waals surface area contributed by atoms with Crippen molar-refractivity contribution in [3.63, 3.8) is 0 Å². The fourth-order valence-electron chi connectivity index (χ4n) is 9.26. The van der Waals surface area contributed by atoms with Crippen molar-refractivity contribution in [2.45, 2.75) is 108 Å². The van der Waals surface area contributed by atoms with Gasteiger partial charge in [0.2, 0.25) is 0 Å². The Bertz CT molecular complexity index is 2760. The van der Waals surface area contributed by atoms with Gasteiger partial charge >= 0.3 is 0 Å². The zero-order valence-electron chi connectivity index (χ0n) is 42.6. The Morgan fingerprint density at radius 3 is 1.13 bits per heavy atom. The summed E-state index contributed by atoms with van der Waals surface area (Å²) in [5.74, 6) is 0.713. The van der Waals surface area contributed by atoms with Crippen LogP contribution in [-0.2, 0) is 93.6 Å². The van der Waals surface area contributed by atoms with Crippen LogP contribution in [0.25, 0.3) is 10.4 Å². The molecule has 2 heterocycles. The summed E-state index contributed by atoms with van der Waals surface area (Å²) in [5.41, 5.74) is 16.6. The number of ether oxygens (including phenoxy) is 11. The Kier molecular flexibility index (Phi) is 20.6. The van der Waals surface area contributed by atoms with E-state index in [4.69, 9.17) is 52.1 Å². The van der Waals surface area contributed by atoms with Crippen molar-refractivity contribution in [1.82, 2.24) is 0 Å². The van der Waals surface area contributed by atoms with Crippen LogP contribution in [0.15, 0.2) is 211 Å². The van der Waals surface area contributed by atoms with Crippen molar-refractivity contribution in [1.29, 1.82) is 0 Å². The lowest BCUT2D eigenvalue weighted by Crippen LogP contribution is -2.66. The highest BCUT2D eigenvalue weighted by molar-refractivity contribution is 5.27. The van der Waals surface area contributed by atoms with Gasteiger partial charge in [-0.05, 0) is 56.6 Å². The first-order valence-corrected chi connectivity index (χ1v) is 25.7. The first-order valence-electron chi connectivity index (χ1n) is 25.7. The Balaban J connectivity index is 1.13. The number of benzene rings is 7. The summed E-state index contributed by atoms with van der Waals surface area (Å²) >= 11 is 0. The van der Waals surface area contributed by atoms with Crippen LogP contribution in [0.2, 0.25) is 0 Å². The van der Waals surface area contributed by atoms with E-state index in [1.165, 1.54) is 0 Å². The molecule has 76 heavy (non-hydrogen) atoms. The molecule has 0 aliphatic carbocycles. The number of hydrogen-bond donors (Lipinski definition) is 0. The van der Waals surface area contributed by atoms with E-state index in [-0.39, 0.29) is 52.9 Å². The van der Waals surface area contributed by atoms with Crippen molar-refractivity contribution in [2.24, 2.45) is 5.11 Å². The minimum absolute atomic E-state index is 0.0120. The van der Waals surface area contributed by atoms with E-state index >= 15 is 0 Å². The van der Waals surface area contributed by atoms with E-state index in [0.717, 1.165) is 38.9 Å². The van der Waals surface area contributed by atoms with Gasteiger partial charge in [-0.15, -0.1) is 0 Å². The van der Waals surface area contributed by atoms with E-state index in [2.05, 4.69) is 10.0 Å². The zero-order valence-corrected chi connectivity index (χ0v) is 42.6. The third kappa shape index (κ3) is 15.7. The second-order valence-corrected chi connectivity index (χ2v) is 18.6. The average molecular weight is 1030 g/mol. The largest absolute Gasteiger partial charge is 0.497 e. The molecule has 0 amide bonds. The fourth-order valence-corrected chi connectivity index (χ4v) is 9.26. The Morgan fingerprint density at radius 1 is 0.382 bits per heavy atom. The van der Waals surface area contributed by atoms with Crippen molar-refractivity contribution >= 4 is 0 Å². The van der Waals surface area contributed by atoms with E-state index in [9.17, 15) is 5.53 Å². The Hall–Kier alpha value is -6.75. The number of methoxy groups -OCH3 is 1. The smallest absolute Gasteiger partial charge is 0.187 e. The molecule has 2 aliphatic heterocycles. The molecule has 0 spiro atoms. The minimum atomic E-state index is -1.18. The number of nitrogens with zero attached hydrogens (tertiary/aromatic N) is 3. The summed E-state index contributed by atoms with van der Waals surface area (Å²) in [7, 11) is 1.63. The van der Waals surface area contributed by atoms with Gasteiger partial charge in [0, 0.05) is 4.91 Å². The molecule has 0 unspecified atom stereocenters. The lowest BCUT2D eigenvalue weighted by molar-refractivity contribution is -0.363. The minimum Gasteiger partial charge on any atom is -0.497 e. The number of hydrogen-bond acceptors (Lipinski definition) is 12. The average Bonchev–Trinajstić information content (AvgIpc) is 3.48. The normalized spacial score (nSPS) is 23.3. The highest BCUT2D eigenvalue weighted by Crippen LogP contribution is 2.37. The summed E-state index contributed by atoms with van der Waals surface area (Å²) < 4.78 is 75.0. The summed E-state index contributed by atoms with van der Waals surface area (Å²) in [6, 6.07) is 67.1. The van der Waals surface area contributed by atoms with Crippen LogP contribution in [-0.4, -0.2) is 81.7 Å². The highest BCUT2D eigenvalue weighted by atomic mass is 16.7. The van der Waals surface area contributed by atoms with E-state index in [1.807, 2.05) is 206 Å². The number of rotatable bonds is 27. The third-order valence-corrected chi connectivity index (χ3v) is 13.2. The van der Waals surface area contributed by atoms with Gasteiger partial charge in [-0.3, -0.25) is 0 Å². The highest BCUT2D eigenvalue weighted by Gasteiger charge is 2.54. The predicted molar refractivity (Wildman–Crippen MR) is 285 cm³/mol. The molecule has 0 bridgehead atoms. The molecule has 2 aliphatic rings. The van der Waals surface area contributed by atoms with Gasteiger partial charge in [0.15, 0.2) is 12.5 Å². The quantitative estimate of drug-likeness (QED) is 0.0275. The van der Waals surface area contributed by atoms with Crippen LogP contribution < -0.4 is 4.74 Å². The van der Waals surface area contributed by atoms with Gasteiger partial charge in [-0.1, -0.05) is 199 Å². The maximum Gasteiger partial charge on any atom is 0.187 e. The van der Waals surface area contributed by atoms with E-state index in [0.29, 0.717) is 12.4 Å². The second kappa shape index (κ2) is 29.0. The molecule has 0 aromatic heterocycles. The molecule has 14 heteroatoms. The molecule has 2 saturated heterocycles. The standard InChI is InChI=1S/C62H65N3O11/c1-66-52-34-32-51(33-35-52)42-73-60-57(70-39-48-26-14-5-15-27-48)55(69-38-47-24-12-4-13-25-47)53(43-67-36-45-20-8-2-9-21-45)75-62(60)76-56-54(44-68-37-46-22-10-3-11-23-46)74-61(64-65-63)59(72-41-50-30-18-7-19-31-50)58(56)71-40-49-28-16-6-17-29-49/h2-35,53-62H,36-44H2,1H3/t53-,54-,55+,56+,57+,58+,59-,60-,61-,62-/m1/s1. The van der Waals surface area contributed by atoms with Gasteiger partial charge in [-0.25, -0.2) is 0 Å². The molecule has 394 valence electrons. The van der Waals surface area contributed by atoms with Gasteiger partial charge in [0.05, 0.1) is 66.6 Å². The van der Waals surface area contributed by atoms with Crippen molar-refractivity contribution in [2.75, 3.05) is 20.3 Å². The van der Waals surface area contributed by atoms with Crippen LogP contribution in [0, 0.1) is 0 Å². The third-order valence-electron chi connectivity index (χ3n) is 13.2. The molecule has 2 fully saturated rings. The Morgan fingerprint density at radius 2 is 0.724 bits per heavy atom. The van der Waals surface area contributed by atoms with Crippen molar-refractivity contribution in [3.05, 3.63) is 256 Å². The first-order chi connectivity index (χ1) is 37.6. The summed E-state index contributed by atoms with van der Waals surface area (Å²) in [6.45, 7) is 1.63. The van der Waals surface area contributed by atoms with Gasteiger partial charge < -0.3 is 52.1 Å². The molecule has 7 aromatic rings. The first kappa shape index (κ1) is 54.1. The van der Waals surface area contributed by atoms with Gasteiger partial charge in [0.25, 0.3) is 0 Å². The lowest BCUT2D eigenvalue weighted by atomic mass is 9.95. The van der Waals surface area contributed by atoms with E-state index < -0.39 is 61.3 Å². The summed E-state index contributed by atoms with van der Waals surface area (Å²) in [6.07, 6.45) is -9.40. The van der Waals surface area contributed by atoms with Crippen LogP contribution >= 0.6 is 0 Å². The topological polar surface area (TPSA) is 150 Å². The van der Waals surface area contributed by atoms with Gasteiger partial charge in [0.1, 0.15) is 54.6 Å². The number of azide groups is 1. The Labute approximate surface area is 444 Å². The SMILES string of the molecule is COc1ccc(CO[C@H]2[C@@H](O[C@@H]3[C@H](OCc4ccccc4)[C@@H](OCc4ccccc4)[C@H](N=[N+]=[N-])O[C@@H]3COCc3ccccc3)O[C@H](COCc3ccccc3)[C@H](OCc3ccccc3)[C@@H]2OCc2ccccc2)cc1. The molecule has 9 rings (SSSR count). The van der Waals surface area contributed by atoms with Crippen LogP contribution in [0.5, 0.6) is 5.75 Å². The van der Waals surface area contributed by atoms with Crippen molar-refractivity contribution in [3.8, 4) is 5.75 Å². The van der Waals surface area contributed by atoms with Crippen LogP contribution in [0.3, 0.4) is 0 Å². The maximum absolute atomic E-state index is 10.1. The fraction of sp³-hybridized carbons (Fsp3) is 0.323. The summed E-state index contributed by atoms with van der Waals surface area (Å²) in [5, 5.41) is 4.19.